The fourth-order valence-electron chi connectivity index (χ4n) is 0.713. The molecule has 5 nitrogen and oxygen atoms in total. The summed E-state index contributed by atoms with van der Waals surface area (Å²) in [7, 11) is 0. The number of oxazole rings is 1. The van der Waals surface area contributed by atoms with Gasteiger partial charge in [-0.25, -0.2) is 4.98 Å². The van der Waals surface area contributed by atoms with Gasteiger partial charge < -0.3 is 14.8 Å². The number of carboxylic acid groups (broad SMARTS) is 1. The van der Waals surface area contributed by atoms with Gasteiger partial charge in [-0.15, -0.1) is 0 Å². The van der Waals surface area contributed by atoms with Crippen molar-refractivity contribution in [1.82, 2.24) is 4.98 Å². The summed E-state index contributed by atoms with van der Waals surface area (Å²) in [5.74, 6) is -0.140. The Morgan fingerprint density at radius 2 is 2.58 bits per heavy atom. The Hall–Kier alpha value is -1.52. The van der Waals surface area contributed by atoms with Crippen molar-refractivity contribution in [2.45, 2.75) is 13.3 Å². The molecule has 0 aliphatic rings. The highest BCUT2D eigenvalue weighted by molar-refractivity contribution is 5.67. The van der Waals surface area contributed by atoms with Crippen LogP contribution in [0.25, 0.3) is 0 Å². The molecule has 0 saturated carbocycles. The molecule has 0 amide bonds. The Kier molecular flexibility index (Phi) is 2.68. The molecule has 0 aliphatic carbocycles. The van der Waals surface area contributed by atoms with E-state index in [0.29, 0.717) is 18.3 Å². The second-order valence-electron chi connectivity index (χ2n) is 2.35. The van der Waals surface area contributed by atoms with Crippen molar-refractivity contribution in [2.75, 3.05) is 11.9 Å². The predicted molar refractivity (Wildman–Crippen MR) is 42.0 cm³/mol. The molecule has 12 heavy (non-hydrogen) atoms. The van der Waals surface area contributed by atoms with E-state index < -0.39 is 5.97 Å². The number of hydrogen-bond acceptors (Lipinski definition) is 4. The number of rotatable bonds is 4. The summed E-state index contributed by atoms with van der Waals surface area (Å²) in [5.41, 5.74) is 0. The Morgan fingerprint density at radius 1 is 1.83 bits per heavy atom. The minimum atomic E-state index is -0.842. The summed E-state index contributed by atoms with van der Waals surface area (Å²) in [5, 5.41) is 11.0. The smallest absolute Gasteiger partial charge is 0.305 e. The topological polar surface area (TPSA) is 75.4 Å². The van der Waals surface area contributed by atoms with Gasteiger partial charge in [0.15, 0.2) is 0 Å². The van der Waals surface area contributed by atoms with Crippen LogP contribution in [0.15, 0.2) is 10.6 Å². The lowest BCUT2D eigenvalue weighted by molar-refractivity contribution is -0.136. The third kappa shape index (κ3) is 2.61. The highest BCUT2D eigenvalue weighted by atomic mass is 16.4. The number of hydrogen-bond donors (Lipinski definition) is 2. The monoisotopic (exact) mass is 170 g/mol. The lowest BCUT2D eigenvalue weighted by Crippen LogP contribution is -2.07. The van der Waals surface area contributed by atoms with Gasteiger partial charge in [0.2, 0.25) is 0 Å². The van der Waals surface area contributed by atoms with E-state index in [1.807, 2.05) is 0 Å². The Labute approximate surface area is 69.4 Å². The SMILES string of the molecule is Cc1cnc(NCCC(=O)O)o1. The number of aryl methyl sites for hydroxylation is 1. The molecule has 0 spiro atoms. The molecule has 0 radical (unpaired) electrons. The number of carbonyl (C=O) groups is 1. The van der Waals surface area contributed by atoms with Gasteiger partial charge in [-0.3, -0.25) is 4.79 Å². The lowest BCUT2D eigenvalue weighted by atomic mass is 10.4. The van der Waals surface area contributed by atoms with Crippen LogP contribution in [0.2, 0.25) is 0 Å². The predicted octanol–water partition coefficient (Wildman–Crippen LogP) is 0.870. The normalized spacial score (nSPS) is 9.75. The van der Waals surface area contributed by atoms with Crippen molar-refractivity contribution in [2.24, 2.45) is 0 Å². The Morgan fingerprint density at radius 3 is 3.08 bits per heavy atom. The van der Waals surface area contributed by atoms with Crippen LogP contribution in [0.4, 0.5) is 6.01 Å². The summed E-state index contributed by atoms with van der Waals surface area (Å²) in [6, 6.07) is 0.369. The van der Waals surface area contributed by atoms with Crippen LogP contribution in [0.1, 0.15) is 12.2 Å². The lowest BCUT2D eigenvalue weighted by Gasteiger charge is -1.96. The van der Waals surface area contributed by atoms with E-state index in [2.05, 4.69) is 10.3 Å². The second kappa shape index (κ2) is 3.75. The minimum absolute atomic E-state index is 0.0570. The van der Waals surface area contributed by atoms with E-state index in [1.165, 1.54) is 0 Å². The van der Waals surface area contributed by atoms with Crippen LogP contribution in [0, 0.1) is 6.92 Å². The van der Waals surface area contributed by atoms with E-state index in [1.54, 1.807) is 13.1 Å². The van der Waals surface area contributed by atoms with Crippen LogP contribution in [0.3, 0.4) is 0 Å². The molecule has 0 saturated heterocycles. The number of carboxylic acids is 1. The maximum Gasteiger partial charge on any atom is 0.305 e. The zero-order valence-electron chi connectivity index (χ0n) is 6.70. The molecule has 1 aromatic heterocycles. The van der Waals surface area contributed by atoms with E-state index >= 15 is 0 Å². The highest BCUT2D eigenvalue weighted by Crippen LogP contribution is 2.06. The van der Waals surface area contributed by atoms with Crippen LogP contribution < -0.4 is 5.32 Å². The fraction of sp³-hybridized carbons (Fsp3) is 0.429. The molecular weight excluding hydrogens is 160 g/mol. The van der Waals surface area contributed by atoms with E-state index in [9.17, 15) is 4.79 Å². The van der Waals surface area contributed by atoms with Crippen molar-refractivity contribution >= 4 is 12.0 Å². The highest BCUT2D eigenvalue weighted by Gasteiger charge is 2.00. The van der Waals surface area contributed by atoms with Crippen LogP contribution >= 0.6 is 0 Å². The van der Waals surface area contributed by atoms with Gasteiger partial charge in [0.05, 0.1) is 12.6 Å². The third-order valence-corrected chi connectivity index (χ3v) is 1.24. The number of aromatic nitrogens is 1. The molecule has 66 valence electrons. The third-order valence-electron chi connectivity index (χ3n) is 1.24. The summed E-state index contributed by atoms with van der Waals surface area (Å²) >= 11 is 0. The molecule has 0 aromatic carbocycles. The minimum Gasteiger partial charge on any atom is -0.481 e. The number of anilines is 1. The molecule has 5 heteroatoms. The molecule has 0 atom stereocenters. The first kappa shape index (κ1) is 8.58. The number of aliphatic carboxylic acids is 1. The first-order valence-corrected chi connectivity index (χ1v) is 3.56. The zero-order valence-corrected chi connectivity index (χ0v) is 6.70. The zero-order chi connectivity index (χ0) is 8.97. The molecule has 0 bridgehead atoms. The summed E-state index contributed by atoms with van der Waals surface area (Å²) in [4.78, 5) is 13.9. The summed E-state index contributed by atoms with van der Waals surface area (Å²) in [6.45, 7) is 2.10. The molecule has 0 fully saturated rings. The average Bonchev–Trinajstić information content (AvgIpc) is 2.35. The molecule has 2 N–H and O–H groups in total. The van der Waals surface area contributed by atoms with Crippen LogP contribution in [0.5, 0.6) is 0 Å². The summed E-state index contributed by atoms with van der Waals surface area (Å²) < 4.78 is 5.05. The van der Waals surface area contributed by atoms with Gasteiger partial charge in [0.25, 0.3) is 6.01 Å². The van der Waals surface area contributed by atoms with Gasteiger partial charge in [0.1, 0.15) is 5.76 Å². The van der Waals surface area contributed by atoms with Crippen molar-refractivity contribution < 1.29 is 14.3 Å². The quantitative estimate of drug-likeness (QED) is 0.701. The number of nitrogens with zero attached hydrogens (tertiary/aromatic N) is 1. The van der Waals surface area contributed by atoms with Crippen LogP contribution in [-0.4, -0.2) is 22.6 Å². The Balaban J connectivity index is 2.29. The van der Waals surface area contributed by atoms with Gasteiger partial charge in [-0.2, -0.15) is 0 Å². The Bertz CT molecular complexity index is 269. The van der Waals surface area contributed by atoms with E-state index in [0.717, 1.165) is 0 Å². The molecule has 1 rings (SSSR count). The standard InChI is InChI=1S/C7H10N2O3/c1-5-4-9-7(12-5)8-3-2-6(10)11/h4H,2-3H2,1H3,(H,8,9)(H,10,11). The summed E-state index contributed by atoms with van der Waals surface area (Å²) in [6.07, 6.45) is 1.63. The van der Waals surface area contributed by atoms with E-state index in [-0.39, 0.29) is 6.42 Å². The van der Waals surface area contributed by atoms with Crippen LogP contribution in [-0.2, 0) is 4.79 Å². The fourth-order valence-corrected chi connectivity index (χ4v) is 0.713. The first-order chi connectivity index (χ1) is 5.68. The molecular formula is C7H10N2O3. The first-order valence-electron chi connectivity index (χ1n) is 3.56. The number of nitrogens with one attached hydrogen (secondary N) is 1. The van der Waals surface area contributed by atoms with Crippen molar-refractivity contribution in [3.8, 4) is 0 Å². The van der Waals surface area contributed by atoms with Crippen molar-refractivity contribution in [3.63, 3.8) is 0 Å². The molecule has 1 aromatic rings. The van der Waals surface area contributed by atoms with Gasteiger partial charge in [-0.05, 0) is 6.92 Å². The maximum absolute atomic E-state index is 10.1. The second-order valence-corrected chi connectivity index (χ2v) is 2.35. The average molecular weight is 170 g/mol. The molecule has 0 aliphatic heterocycles. The molecule has 1 heterocycles. The maximum atomic E-state index is 10.1. The largest absolute Gasteiger partial charge is 0.481 e. The van der Waals surface area contributed by atoms with Gasteiger partial charge >= 0.3 is 5.97 Å². The van der Waals surface area contributed by atoms with Crippen molar-refractivity contribution in [1.29, 1.82) is 0 Å². The van der Waals surface area contributed by atoms with Gasteiger partial charge in [-0.1, -0.05) is 0 Å². The molecule has 0 unspecified atom stereocenters. The van der Waals surface area contributed by atoms with Crippen molar-refractivity contribution in [3.05, 3.63) is 12.0 Å². The van der Waals surface area contributed by atoms with E-state index in [4.69, 9.17) is 9.52 Å². The van der Waals surface area contributed by atoms with Gasteiger partial charge in [0, 0.05) is 6.54 Å².